The van der Waals surface area contributed by atoms with Gasteiger partial charge in [0.15, 0.2) is 5.11 Å². The van der Waals surface area contributed by atoms with Crippen LogP contribution in [0.15, 0.2) is 48.5 Å². The molecule has 3 aromatic rings. The van der Waals surface area contributed by atoms with Crippen LogP contribution in [0.1, 0.15) is 23.0 Å². The standard InChI is InChI=1S/C20H20ClN3O2S/c1-2-26-19(25)18-15(16-12-13(21)8-9-17(16)24-18)10-11-22-20(27)23-14-6-4-3-5-7-14/h3-9,12,24H,2,10-11H2,1H3,(H2,22,23,27). The summed E-state index contributed by atoms with van der Waals surface area (Å²) >= 11 is 11.5. The van der Waals surface area contributed by atoms with Crippen LogP contribution >= 0.6 is 23.8 Å². The number of anilines is 1. The number of para-hydroxylation sites is 1. The minimum Gasteiger partial charge on any atom is -0.461 e. The highest BCUT2D eigenvalue weighted by Gasteiger charge is 2.18. The Morgan fingerprint density at radius 2 is 2.00 bits per heavy atom. The van der Waals surface area contributed by atoms with Gasteiger partial charge in [-0.25, -0.2) is 4.79 Å². The zero-order valence-electron chi connectivity index (χ0n) is 14.8. The highest BCUT2D eigenvalue weighted by atomic mass is 35.5. The SMILES string of the molecule is CCOC(=O)c1[nH]c2ccc(Cl)cc2c1CCNC(=S)Nc1ccccc1. The smallest absolute Gasteiger partial charge is 0.355 e. The summed E-state index contributed by atoms with van der Waals surface area (Å²) in [6.45, 7) is 2.66. The van der Waals surface area contributed by atoms with Gasteiger partial charge >= 0.3 is 5.97 Å². The molecule has 1 aromatic heterocycles. The quantitative estimate of drug-likeness (QED) is 0.418. The number of thiocarbonyl (C=S) groups is 1. The van der Waals surface area contributed by atoms with Crippen LogP contribution in [0.3, 0.4) is 0 Å². The molecule has 140 valence electrons. The third kappa shape index (κ3) is 4.78. The maximum absolute atomic E-state index is 12.3. The molecule has 0 fully saturated rings. The molecule has 27 heavy (non-hydrogen) atoms. The molecule has 1 heterocycles. The summed E-state index contributed by atoms with van der Waals surface area (Å²) < 4.78 is 5.17. The van der Waals surface area contributed by atoms with Gasteiger partial charge in [-0.15, -0.1) is 0 Å². The van der Waals surface area contributed by atoms with Crippen LogP contribution in [-0.2, 0) is 11.2 Å². The summed E-state index contributed by atoms with van der Waals surface area (Å²) in [5, 5.41) is 8.35. The predicted octanol–water partition coefficient (Wildman–Crippen LogP) is 4.53. The molecule has 0 aliphatic rings. The number of nitrogens with one attached hydrogen (secondary N) is 3. The van der Waals surface area contributed by atoms with Gasteiger partial charge in [0.2, 0.25) is 0 Å². The molecule has 0 unspecified atom stereocenters. The molecule has 0 saturated heterocycles. The largest absolute Gasteiger partial charge is 0.461 e. The number of carbonyl (C=O) groups excluding carboxylic acids is 1. The molecule has 0 spiro atoms. The molecular weight excluding hydrogens is 382 g/mol. The number of hydrogen-bond acceptors (Lipinski definition) is 3. The number of ether oxygens (including phenoxy) is 1. The van der Waals surface area contributed by atoms with Crippen molar-refractivity contribution in [2.45, 2.75) is 13.3 Å². The Balaban J connectivity index is 1.73. The van der Waals surface area contributed by atoms with Crippen molar-refractivity contribution >= 4 is 51.5 Å². The number of carbonyl (C=O) groups is 1. The average molecular weight is 402 g/mol. The average Bonchev–Trinajstić information content (AvgIpc) is 3.01. The zero-order valence-corrected chi connectivity index (χ0v) is 16.4. The first-order chi connectivity index (χ1) is 13.1. The Labute approximate surface area is 168 Å². The maximum Gasteiger partial charge on any atom is 0.355 e. The molecule has 0 bridgehead atoms. The lowest BCUT2D eigenvalue weighted by Gasteiger charge is -2.11. The number of halogens is 1. The van der Waals surface area contributed by atoms with E-state index in [9.17, 15) is 4.79 Å². The number of aromatic nitrogens is 1. The van der Waals surface area contributed by atoms with Crippen molar-refractivity contribution in [3.8, 4) is 0 Å². The number of H-pyrrole nitrogens is 1. The number of benzene rings is 2. The molecule has 7 heteroatoms. The fourth-order valence-electron chi connectivity index (χ4n) is 2.85. The van der Waals surface area contributed by atoms with E-state index in [0.717, 1.165) is 22.2 Å². The monoisotopic (exact) mass is 401 g/mol. The molecule has 0 radical (unpaired) electrons. The molecule has 5 nitrogen and oxygen atoms in total. The zero-order chi connectivity index (χ0) is 19.2. The van der Waals surface area contributed by atoms with E-state index in [1.165, 1.54) is 0 Å². The van der Waals surface area contributed by atoms with E-state index in [2.05, 4.69) is 15.6 Å². The van der Waals surface area contributed by atoms with E-state index in [1.807, 2.05) is 42.5 Å². The van der Waals surface area contributed by atoms with Crippen LogP contribution in [0, 0.1) is 0 Å². The minimum atomic E-state index is -0.371. The lowest BCUT2D eigenvalue weighted by atomic mass is 10.1. The fourth-order valence-corrected chi connectivity index (χ4v) is 3.25. The Morgan fingerprint density at radius 1 is 1.22 bits per heavy atom. The van der Waals surface area contributed by atoms with Crippen molar-refractivity contribution in [3.05, 3.63) is 64.8 Å². The van der Waals surface area contributed by atoms with Gasteiger partial charge in [0, 0.05) is 28.2 Å². The number of esters is 1. The normalized spacial score (nSPS) is 10.6. The second-order valence-corrected chi connectivity index (χ2v) is 6.73. The first-order valence-electron chi connectivity index (χ1n) is 8.65. The minimum absolute atomic E-state index is 0.317. The Hall–Kier alpha value is -2.57. The molecule has 0 saturated carbocycles. The Morgan fingerprint density at radius 3 is 2.74 bits per heavy atom. The molecule has 0 aliphatic heterocycles. The van der Waals surface area contributed by atoms with Crippen molar-refractivity contribution in [2.24, 2.45) is 0 Å². The number of aromatic amines is 1. The van der Waals surface area contributed by atoms with Gasteiger partial charge in [0.1, 0.15) is 5.69 Å². The maximum atomic E-state index is 12.3. The van der Waals surface area contributed by atoms with E-state index in [4.69, 9.17) is 28.6 Å². The summed E-state index contributed by atoms with van der Waals surface area (Å²) in [6, 6.07) is 15.2. The molecule has 3 N–H and O–H groups in total. The second-order valence-electron chi connectivity index (χ2n) is 5.89. The number of hydrogen-bond donors (Lipinski definition) is 3. The summed E-state index contributed by atoms with van der Waals surface area (Å²) in [6.07, 6.45) is 0.588. The first-order valence-corrected chi connectivity index (χ1v) is 9.44. The van der Waals surface area contributed by atoms with Crippen molar-refractivity contribution < 1.29 is 9.53 Å². The van der Waals surface area contributed by atoms with E-state index in [-0.39, 0.29) is 5.97 Å². The van der Waals surface area contributed by atoms with Crippen LogP contribution in [0.4, 0.5) is 5.69 Å². The molecular formula is C20H20ClN3O2S. The summed E-state index contributed by atoms with van der Waals surface area (Å²) in [5.41, 5.74) is 3.09. The van der Waals surface area contributed by atoms with Crippen LogP contribution in [0.2, 0.25) is 5.02 Å². The van der Waals surface area contributed by atoms with Gasteiger partial charge in [-0.2, -0.15) is 0 Å². The molecule has 0 atom stereocenters. The van der Waals surface area contributed by atoms with Crippen molar-refractivity contribution in [1.82, 2.24) is 10.3 Å². The highest BCUT2D eigenvalue weighted by Crippen LogP contribution is 2.26. The molecule has 0 aliphatic carbocycles. The van der Waals surface area contributed by atoms with Crippen LogP contribution in [0.25, 0.3) is 10.9 Å². The van der Waals surface area contributed by atoms with Gasteiger partial charge in [-0.05, 0) is 61.5 Å². The van der Waals surface area contributed by atoms with E-state index in [0.29, 0.717) is 35.4 Å². The van der Waals surface area contributed by atoms with Crippen LogP contribution in [0.5, 0.6) is 0 Å². The van der Waals surface area contributed by atoms with E-state index in [1.54, 1.807) is 13.0 Å². The third-order valence-electron chi connectivity index (χ3n) is 4.04. The lowest BCUT2D eigenvalue weighted by molar-refractivity contribution is 0.0519. The summed E-state index contributed by atoms with van der Waals surface area (Å²) in [7, 11) is 0. The van der Waals surface area contributed by atoms with Crippen LogP contribution < -0.4 is 10.6 Å². The van der Waals surface area contributed by atoms with Gasteiger partial charge in [-0.1, -0.05) is 29.8 Å². The topological polar surface area (TPSA) is 66.2 Å². The summed E-state index contributed by atoms with van der Waals surface area (Å²) in [5.74, 6) is -0.371. The second kappa shape index (κ2) is 8.88. The van der Waals surface area contributed by atoms with Crippen molar-refractivity contribution in [3.63, 3.8) is 0 Å². The van der Waals surface area contributed by atoms with Gasteiger partial charge in [0.25, 0.3) is 0 Å². The Bertz CT molecular complexity index is 957. The Kier molecular flexibility index (Phi) is 6.32. The summed E-state index contributed by atoms with van der Waals surface area (Å²) in [4.78, 5) is 15.5. The molecule has 2 aromatic carbocycles. The van der Waals surface area contributed by atoms with Crippen molar-refractivity contribution in [1.29, 1.82) is 0 Å². The fraction of sp³-hybridized carbons (Fsp3) is 0.200. The van der Waals surface area contributed by atoms with E-state index >= 15 is 0 Å². The van der Waals surface area contributed by atoms with Gasteiger partial charge < -0.3 is 20.4 Å². The number of rotatable bonds is 6. The van der Waals surface area contributed by atoms with Crippen molar-refractivity contribution in [2.75, 3.05) is 18.5 Å². The van der Waals surface area contributed by atoms with Gasteiger partial charge in [0.05, 0.1) is 6.61 Å². The first kappa shape index (κ1) is 19.2. The third-order valence-corrected chi connectivity index (χ3v) is 4.52. The number of fused-ring (bicyclic) bond motifs is 1. The lowest BCUT2D eigenvalue weighted by Crippen LogP contribution is -2.30. The van der Waals surface area contributed by atoms with Gasteiger partial charge in [-0.3, -0.25) is 0 Å². The van der Waals surface area contributed by atoms with E-state index < -0.39 is 0 Å². The molecule has 3 rings (SSSR count). The van der Waals surface area contributed by atoms with Crippen LogP contribution in [-0.4, -0.2) is 29.2 Å². The predicted molar refractivity (Wildman–Crippen MR) is 114 cm³/mol. The molecule has 0 amide bonds. The highest BCUT2D eigenvalue weighted by molar-refractivity contribution is 7.80.